The third kappa shape index (κ3) is 2.37. The average Bonchev–Trinajstić information content (AvgIpc) is 3.10. The maximum absolute atomic E-state index is 12.4. The van der Waals surface area contributed by atoms with Crippen LogP contribution in [0.5, 0.6) is 0 Å². The van der Waals surface area contributed by atoms with Crippen LogP contribution in [0.3, 0.4) is 0 Å². The van der Waals surface area contributed by atoms with E-state index in [4.69, 9.17) is 0 Å². The fourth-order valence-electron chi connectivity index (χ4n) is 1.56. The molecular formula is C12H9N3O2S3. The van der Waals surface area contributed by atoms with Crippen LogP contribution < -0.4 is 0 Å². The highest BCUT2D eigenvalue weighted by Crippen LogP contribution is 2.25. The fourth-order valence-corrected chi connectivity index (χ4v) is 4.22. The molecule has 3 aromatic rings. The lowest BCUT2D eigenvalue weighted by atomic mass is 10.2. The van der Waals surface area contributed by atoms with Crippen LogP contribution in [0.2, 0.25) is 0 Å². The topological polar surface area (TPSA) is 72.8 Å². The second-order valence-corrected chi connectivity index (χ2v) is 7.67. The molecular weight excluding hydrogens is 314 g/mol. The molecule has 20 heavy (non-hydrogen) atoms. The van der Waals surface area contributed by atoms with Gasteiger partial charge in [-0.05, 0) is 30.6 Å². The summed E-state index contributed by atoms with van der Waals surface area (Å²) in [6.45, 7) is 1.90. The third-order valence-electron chi connectivity index (χ3n) is 2.63. The van der Waals surface area contributed by atoms with Crippen molar-refractivity contribution in [1.29, 1.82) is 0 Å². The van der Waals surface area contributed by atoms with Crippen LogP contribution in [-0.2, 0) is 9.84 Å². The summed E-state index contributed by atoms with van der Waals surface area (Å²) < 4.78 is 28.9. The Morgan fingerprint density at radius 2 is 1.90 bits per heavy atom. The lowest BCUT2D eigenvalue weighted by Gasteiger charge is -2.00. The summed E-state index contributed by atoms with van der Waals surface area (Å²) in [5, 5.41) is 1.78. The molecule has 0 amide bonds. The van der Waals surface area contributed by atoms with Crippen LogP contribution in [0.4, 0.5) is 0 Å². The molecule has 0 aliphatic carbocycles. The number of thiazole rings is 1. The quantitative estimate of drug-likeness (QED) is 0.741. The van der Waals surface area contributed by atoms with Gasteiger partial charge in [0.25, 0.3) is 0 Å². The van der Waals surface area contributed by atoms with E-state index in [0.29, 0.717) is 11.5 Å². The van der Waals surface area contributed by atoms with Crippen molar-refractivity contribution < 1.29 is 8.42 Å². The predicted molar refractivity (Wildman–Crippen MR) is 77.6 cm³/mol. The molecule has 8 heteroatoms. The summed E-state index contributed by atoms with van der Waals surface area (Å²) in [7, 11) is -3.61. The van der Waals surface area contributed by atoms with Gasteiger partial charge in [-0.3, -0.25) is 0 Å². The van der Waals surface area contributed by atoms with Crippen molar-refractivity contribution in [3.05, 3.63) is 40.7 Å². The van der Waals surface area contributed by atoms with Crippen molar-refractivity contribution in [1.82, 2.24) is 14.3 Å². The van der Waals surface area contributed by atoms with E-state index >= 15 is 0 Å². The van der Waals surface area contributed by atoms with E-state index in [-0.39, 0.29) is 9.24 Å². The second kappa shape index (κ2) is 5.04. The van der Waals surface area contributed by atoms with Gasteiger partial charge in [0.2, 0.25) is 14.2 Å². The summed E-state index contributed by atoms with van der Waals surface area (Å²) in [5.41, 5.74) is 3.26. The molecule has 0 N–H and O–H groups in total. The van der Waals surface area contributed by atoms with Crippen molar-refractivity contribution in [2.45, 2.75) is 16.2 Å². The first-order valence-corrected chi connectivity index (χ1v) is 8.81. The number of sulfone groups is 1. The highest BCUT2D eigenvalue weighted by Gasteiger charge is 2.23. The van der Waals surface area contributed by atoms with Gasteiger partial charge in [0, 0.05) is 5.38 Å². The summed E-state index contributed by atoms with van der Waals surface area (Å²) in [6.07, 6.45) is 0. The predicted octanol–water partition coefficient (Wildman–Crippen LogP) is 2.80. The molecule has 2 aromatic heterocycles. The Bertz CT molecular complexity index is 821. The summed E-state index contributed by atoms with van der Waals surface area (Å²) in [6, 6.07) is 6.67. The highest BCUT2D eigenvalue weighted by atomic mass is 32.2. The molecule has 0 bridgehead atoms. The Morgan fingerprint density at radius 3 is 2.55 bits per heavy atom. The third-order valence-corrected chi connectivity index (χ3v) is 6.05. The maximum atomic E-state index is 12.4. The van der Waals surface area contributed by atoms with Crippen LogP contribution in [0.1, 0.15) is 5.56 Å². The molecule has 0 saturated heterocycles. The number of rotatable bonds is 3. The molecule has 0 fully saturated rings. The van der Waals surface area contributed by atoms with Gasteiger partial charge in [-0.25, -0.2) is 18.4 Å². The van der Waals surface area contributed by atoms with Crippen LogP contribution in [-0.4, -0.2) is 22.8 Å². The molecule has 1 aromatic carbocycles. The van der Waals surface area contributed by atoms with E-state index in [1.165, 1.54) is 11.3 Å². The van der Waals surface area contributed by atoms with Crippen LogP contribution in [0.25, 0.3) is 11.5 Å². The van der Waals surface area contributed by atoms with Gasteiger partial charge in [-0.2, -0.15) is 4.37 Å². The summed E-state index contributed by atoms with van der Waals surface area (Å²) >= 11 is 2.28. The van der Waals surface area contributed by atoms with Crippen molar-refractivity contribution in [3.63, 3.8) is 0 Å². The Balaban J connectivity index is 2.02. The molecule has 5 nitrogen and oxygen atoms in total. The van der Waals surface area contributed by atoms with Crippen molar-refractivity contribution in [2.75, 3.05) is 0 Å². The number of hydrogen-bond donors (Lipinski definition) is 0. The van der Waals surface area contributed by atoms with E-state index in [9.17, 15) is 8.42 Å². The molecule has 102 valence electrons. The monoisotopic (exact) mass is 323 g/mol. The van der Waals surface area contributed by atoms with Gasteiger partial charge in [-0.15, -0.1) is 11.3 Å². The number of nitrogens with zero attached hydrogens (tertiary/aromatic N) is 3. The van der Waals surface area contributed by atoms with E-state index in [1.807, 2.05) is 6.92 Å². The first-order chi connectivity index (χ1) is 9.57. The number of aromatic nitrogens is 3. The number of hydrogen-bond acceptors (Lipinski definition) is 7. The Labute approximate surface area is 124 Å². The molecule has 0 aliphatic heterocycles. The lowest BCUT2D eigenvalue weighted by molar-refractivity contribution is 0.595. The smallest absolute Gasteiger partial charge is 0.235 e. The second-order valence-electron chi connectivity index (χ2n) is 4.07. The Morgan fingerprint density at radius 1 is 1.15 bits per heavy atom. The molecule has 0 unspecified atom stereocenters. The minimum atomic E-state index is -3.61. The summed E-state index contributed by atoms with van der Waals surface area (Å²) in [4.78, 5) is 8.38. The molecule has 0 saturated carbocycles. The first-order valence-electron chi connectivity index (χ1n) is 5.61. The zero-order valence-electron chi connectivity index (χ0n) is 10.3. The normalized spacial score (nSPS) is 11.7. The summed E-state index contributed by atoms with van der Waals surface area (Å²) in [5.74, 6) is 0.349. The largest absolute Gasteiger partial charge is 0.241 e. The van der Waals surface area contributed by atoms with Crippen LogP contribution in [0, 0.1) is 6.92 Å². The minimum Gasteiger partial charge on any atom is -0.241 e. The molecule has 0 radical (unpaired) electrons. The van der Waals surface area contributed by atoms with Crippen LogP contribution >= 0.6 is 22.9 Å². The zero-order valence-corrected chi connectivity index (χ0v) is 12.8. The van der Waals surface area contributed by atoms with E-state index < -0.39 is 9.84 Å². The van der Waals surface area contributed by atoms with E-state index in [1.54, 1.807) is 35.2 Å². The molecule has 2 heterocycles. The van der Waals surface area contributed by atoms with Gasteiger partial charge in [-0.1, -0.05) is 17.7 Å². The molecule has 3 rings (SSSR count). The van der Waals surface area contributed by atoms with Gasteiger partial charge in [0.1, 0.15) is 5.69 Å². The molecule has 0 atom stereocenters. The molecule has 0 spiro atoms. The number of benzene rings is 1. The Hall–Kier alpha value is -1.64. The van der Waals surface area contributed by atoms with Crippen molar-refractivity contribution >= 4 is 32.7 Å². The Kier molecular flexibility index (Phi) is 3.36. The minimum absolute atomic E-state index is 0.00986. The van der Waals surface area contributed by atoms with E-state index in [0.717, 1.165) is 17.1 Å². The number of aryl methyl sites for hydroxylation is 1. The van der Waals surface area contributed by atoms with Gasteiger partial charge >= 0.3 is 0 Å². The van der Waals surface area contributed by atoms with Crippen molar-refractivity contribution in [3.8, 4) is 11.5 Å². The lowest BCUT2D eigenvalue weighted by Crippen LogP contribution is -2.01. The standard InChI is InChI=1S/C12H9N3O2S3/c1-8-2-4-9(5-3-8)20(16,17)12-14-11(15-19-12)10-6-18-7-13-10/h2-7H,1H3. The van der Waals surface area contributed by atoms with E-state index in [2.05, 4.69) is 14.3 Å². The average molecular weight is 323 g/mol. The maximum Gasteiger partial charge on any atom is 0.235 e. The van der Waals surface area contributed by atoms with Gasteiger partial charge in [0.15, 0.2) is 5.82 Å². The zero-order chi connectivity index (χ0) is 14.2. The first kappa shape index (κ1) is 13.3. The molecule has 0 aliphatic rings. The fraction of sp³-hybridized carbons (Fsp3) is 0.0833. The van der Waals surface area contributed by atoms with Gasteiger partial charge < -0.3 is 0 Å². The SMILES string of the molecule is Cc1ccc(S(=O)(=O)c2nc(-c3cscn3)ns2)cc1. The van der Waals surface area contributed by atoms with Crippen molar-refractivity contribution in [2.24, 2.45) is 0 Å². The van der Waals surface area contributed by atoms with Gasteiger partial charge in [0.05, 0.1) is 10.4 Å². The van der Waals surface area contributed by atoms with Crippen LogP contribution in [0.15, 0.2) is 44.4 Å². The highest BCUT2D eigenvalue weighted by molar-refractivity contribution is 7.93.